The van der Waals surface area contributed by atoms with Crippen LogP contribution in [0.2, 0.25) is 0 Å². The van der Waals surface area contributed by atoms with Crippen LogP contribution in [0.1, 0.15) is 5.56 Å². The molecule has 0 aliphatic heterocycles. The van der Waals surface area contributed by atoms with Gasteiger partial charge in [0, 0.05) is 0 Å². The maximum Gasteiger partial charge on any atom is 0.488 e. The Balaban J connectivity index is 2.47. The summed E-state index contributed by atoms with van der Waals surface area (Å²) in [6, 6.07) is 7.05. The lowest BCUT2D eigenvalue weighted by Crippen LogP contribution is -2.29. The standard InChI is InChI=1S/C8H13B2NO3/c11-6-14-9-5-7-1-3-8(4-2-7)10(12)13/h1-4,9,12-13H,5-6,11H2. The molecule has 0 spiro atoms. The summed E-state index contributed by atoms with van der Waals surface area (Å²) in [7, 11) is -0.818. The lowest BCUT2D eigenvalue weighted by molar-refractivity contribution is 0.348. The van der Waals surface area contributed by atoms with Crippen LogP contribution in [0.3, 0.4) is 0 Å². The molecule has 74 valence electrons. The van der Waals surface area contributed by atoms with Crippen molar-refractivity contribution in [2.24, 2.45) is 5.73 Å². The van der Waals surface area contributed by atoms with E-state index in [0.717, 1.165) is 11.9 Å². The molecule has 0 bridgehead atoms. The molecule has 1 aromatic carbocycles. The maximum atomic E-state index is 8.84. The van der Waals surface area contributed by atoms with Crippen LogP contribution in [0.25, 0.3) is 0 Å². The second kappa shape index (κ2) is 5.82. The van der Waals surface area contributed by atoms with E-state index in [4.69, 9.17) is 20.4 Å². The average molecular weight is 193 g/mol. The summed E-state index contributed by atoms with van der Waals surface area (Å²) >= 11 is 0. The van der Waals surface area contributed by atoms with Gasteiger partial charge in [0.25, 0.3) is 7.48 Å². The van der Waals surface area contributed by atoms with Gasteiger partial charge in [-0.25, -0.2) is 0 Å². The first-order valence-corrected chi connectivity index (χ1v) is 4.47. The Morgan fingerprint density at radius 1 is 1.29 bits per heavy atom. The summed E-state index contributed by atoms with van der Waals surface area (Å²) in [5.41, 5.74) is 6.75. The highest BCUT2D eigenvalue weighted by Crippen LogP contribution is 1.97. The fourth-order valence-corrected chi connectivity index (χ4v) is 1.13. The fraction of sp³-hybridized carbons (Fsp3) is 0.250. The van der Waals surface area contributed by atoms with Crippen molar-refractivity contribution >= 4 is 20.1 Å². The molecule has 4 nitrogen and oxygen atoms in total. The van der Waals surface area contributed by atoms with Crippen LogP contribution in [0.15, 0.2) is 24.3 Å². The molecule has 1 aromatic rings. The van der Waals surface area contributed by atoms with E-state index < -0.39 is 7.12 Å². The smallest absolute Gasteiger partial charge is 0.427 e. The van der Waals surface area contributed by atoms with E-state index in [1.807, 2.05) is 12.1 Å². The molecular weight excluding hydrogens is 180 g/mol. The van der Waals surface area contributed by atoms with E-state index in [-0.39, 0.29) is 6.73 Å². The van der Waals surface area contributed by atoms with Crippen LogP contribution in [-0.4, -0.2) is 31.4 Å². The lowest BCUT2D eigenvalue weighted by Gasteiger charge is -2.02. The Labute approximate surface area is 84.1 Å². The molecule has 0 aromatic heterocycles. The molecule has 0 heterocycles. The van der Waals surface area contributed by atoms with Crippen molar-refractivity contribution in [1.29, 1.82) is 0 Å². The van der Waals surface area contributed by atoms with Crippen LogP contribution in [-0.2, 0) is 11.0 Å². The molecule has 14 heavy (non-hydrogen) atoms. The zero-order valence-electron chi connectivity index (χ0n) is 7.89. The van der Waals surface area contributed by atoms with Crippen LogP contribution >= 0.6 is 0 Å². The minimum atomic E-state index is -1.40. The molecule has 6 heteroatoms. The molecule has 0 aliphatic carbocycles. The third kappa shape index (κ3) is 3.51. The molecular formula is C8H13B2NO3. The first-order valence-electron chi connectivity index (χ1n) is 4.47. The van der Waals surface area contributed by atoms with Gasteiger partial charge in [-0.3, -0.25) is 0 Å². The molecule has 0 saturated carbocycles. The van der Waals surface area contributed by atoms with Gasteiger partial charge in [-0.15, -0.1) is 0 Å². The molecule has 0 amide bonds. The molecule has 0 unspecified atom stereocenters. The Kier molecular flexibility index (Phi) is 4.69. The van der Waals surface area contributed by atoms with Crippen molar-refractivity contribution in [2.75, 3.05) is 6.73 Å². The van der Waals surface area contributed by atoms with E-state index in [1.54, 1.807) is 12.1 Å². The van der Waals surface area contributed by atoms with E-state index in [0.29, 0.717) is 12.9 Å². The maximum absolute atomic E-state index is 8.84. The monoisotopic (exact) mass is 193 g/mol. The number of hydrogen-bond acceptors (Lipinski definition) is 4. The van der Waals surface area contributed by atoms with Crippen LogP contribution in [0.4, 0.5) is 0 Å². The van der Waals surface area contributed by atoms with E-state index in [9.17, 15) is 0 Å². The molecule has 0 saturated heterocycles. The van der Waals surface area contributed by atoms with Crippen molar-refractivity contribution < 1.29 is 14.7 Å². The van der Waals surface area contributed by atoms with Gasteiger partial charge in [0.1, 0.15) is 0 Å². The summed E-state index contributed by atoms with van der Waals surface area (Å²) in [6.45, 7) is 0.230. The van der Waals surface area contributed by atoms with Crippen molar-refractivity contribution in [3.63, 3.8) is 0 Å². The first kappa shape index (κ1) is 11.3. The van der Waals surface area contributed by atoms with Crippen molar-refractivity contribution in [3.05, 3.63) is 29.8 Å². The Bertz CT molecular complexity index is 266. The topological polar surface area (TPSA) is 75.7 Å². The summed E-state index contributed by atoms with van der Waals surface area (Å²) < 4.78 is 4.99. The minimum absolute atomic E-state index is 0.230. The largest absolute Gasteiger partial charge is 0.488 e. The Morgan fingerprint density at radius 3 is 2.43 bits per heavy atom. The van der Waals surface area contributed by atoms with Gasteiger partial charge in [0.15, 0.2) is 0 Å². The summed E-state index contributed by atoms with van der Waals surface area (Å²) in [4.78, 5) is 0. The van der Waals surface area contributed by atoms with Gasteiger partial charge < -0.3 is 20.4 Å². The molecule has 0 radical (unpaired) electrons. The van der Waals surface area contributed by atoms with Gasteiger partial charge in [-0.2, -0.15) is 0 Å². The number of nitrogens with two attached hydrogens (primary N) is 1. The number of rotatable bonds is 5. The average Bonchev–Trinajstić information content (AvgIpc) is 2.19. The van der Waals surface area contributed by atoms with Gasteiger partial charge in [0.2, 0.25) is 0 Å². The Morgan fingerprint density at radius 2 is 1.93 bits per heavy atom. The van der Waals surface area contributed by atoms with Crippen LogP contribution in [0, 0.1) is 0 Å². The van der Waals surface area contributed by atoms with Crippen LogP contribution in [0.5, 0.6) is 0 Å². The summed E-state index contributed by atoms with van der Waals surface area (Å²) in [5.74, 6) is 0. The molecule has 0 fully saturated rings. The van der Waals surface area contributed by atoms with Crippen LogP contribution < -0.4 is 11.2 Å². The van der Waals surface area contributed by atoms with Gasteiger partial charge in [-0.1, -0.05) is 29.8 Å². The minimum Gasteiger partial charge on any atom is -0.427 e. The summed E-state index contributed by atoms with van der Waals surface area (Å²) in [5, 5.41) is 17.7. The second-order valence-electron chi connectivity index (χ2n) is 2.94. The number of hydrogen-bond donors (Lipinski definition) is 3. The van der Waals surface area contributed by atoms with Crippen molar-refractivity contribution in [3.8, 4) is 0 Å². The van der Waals surface area contributed by atoms with Gasteiger partial charge in [-0.05, 0) is 11.8 Å². The molecule has 0 atom stereocenters. The first-order chi connectivity index (χ1) is 6.74. The van der Waals surface area contributed by atoms with E-state index >= 15 is 0 Å². The molecule has 1 rings (SSSR count). The van der Waals surface area contributed by atoms with Crippen molar-refractivity contribution in [1.82, 2.24) is 0 Å². The fourth-order valence-electron chi connectivity index (χ4n) is 1.13. The molecule has 0 aliphatic rings. The predicted octanol–water partition coefficient (Wildman–Crippen LogP) is -1.85. The highest BCUT2D eigenvalue weighted by atomic mass is 16.4. The zero-order valence-corrected chi connectivity index (χ0v) is 7.89. The highest BCUT2D eigenvalue weighted by molar-refractivity contribution is 6.58. The summed E-state index contributed by atoms with van der Waals surface area (Å²) in [6.07, 6.45) is 0.777. The Hall–Kier alpha value is -0.810. The second-order valence-corrected chi connectivity index (χ2v) is 2.94. The van der Waals surface area contributed by atoms with E-state index in [2.05, 4.69) is 0 Å². The zero-order chi connectivity index (χ0) is 10.4. The third-order valence-corrected chi connectivity index (χ3v) is 1.93. The van der Waals surface area contributed by atoms with Crippen molar-refractivity contribution in [2.45, 2.75) is 6.32 Å². The van der Waals surface area contributed by atoms with Gasteiger partial charge >= 0.3 is 7.12 Å². The van der Waals surface area contributed by atoms with Gasteiger partial charge in [0.05, 0.1) is 6.73 Å². The quantitative estimate of drug-likeness (QED) is 0.291. The van der Waals surface area contributed by atoms with E-state index in [1.165, 1.54) is 0 Å². The lowest BCUT2D eigenvalue weighted by atomic mass is 9.79. The SMILES string of the molecule is NCOBCc1ccc(B(O)O)cc1. The highest BCUT2D eigenvalue weighted by Gasteiger charge is 2.09. The predicted molar refractivity (Wildman–Crippen MR) is 57.3 cm³/mol. The third-order valence-electron chi connectivity index (χ3n) is 1.93. The molecule has 4 N–H and O–H groups in total. The normalized spacial score (nSPS) is 9.93. The number of benzene rings is 1.